The molecule has 1 unspecified atom stereocenters. The molecule has 0 spiro atoms. The van der Waals surface area contributed by atoms with Crippen LogP contribution in [0.15, 0.2) is 17.5 Å². The van der Waals surface area contributed by atoms with Crippen molar-refractivity contribution in [1.29, 1.82) is 0 Å². The van der Waals surface area contributed by atoms with Crippen LogP contribution in [-0.2, 0) is 9.47 Å². The zero-order valence-corrected chi connectivity index (χ0v) is 12.5. The normalized spacial score (nSPS) is 13.1. The van der Waals surface area contributed by atoms with Crippen molar-refractivity contribution in [2.75, 3.05) is 33.5 Å². The molecule has 104 valence electrons. The number of thiophene rings is 1. The zero-order valence-electron chi connectivity index (χ0n) is 11.6. The van der Waals surface area contributed by atoms with Crippen molar-refractivity contribution in [2.24, 2.45) is 5.92 Å². The first-order chi connectivity index (χ1) is 8.75. The largest absolute Gasteiger partial charge is 0.385 e. The lowest BCUT2D eigenvalue weighted by Crippen LogP contribution is -2.28. The third kappa shape index (κ3) is 5.96. The first-order valence-corrected chi connectivity index (χ1v) is 7.47. The van der Waals surface area contributed by atoms with Crippen LogP contribution in [0.3, 0.4) is 0 Å². The van der Waals surface area contributed by atoms with Gasteiger partial charge in [0.15, 0.2) is 0 Å². The summed E-state index contributed by atoms with van der Waals surface area (Å²) in [5.74, 6) is 0.595. The molecule has 0 amide bonds. The Hall–Kier alpha value is -0.420. The number of methoxy groups -OCH3 is 1. The fourth-order valence-electron chi connectivity index (χ4n) is 1.83. The molecule has 0 aliphatic heterocycles. The second-order valence-electron chi connectivity index (χ2n) is 4.65. The van der Waals surface area contributed by atoms with Gasteiger partial charge in [-0.25, -0.2) is 0 Å². The molecule has 0 radical (unpaired) electrons. The van der Waals surface area contributed by atoms with Crippen molar-refractivity contribution in [2.45, 2.75) is 26.3 Å². The first kappa shape index (κ1) is 15.6. The minimum absolute atomic E-state index is 0.438. The Morgan fingerprint density at radius 2 is 2.11 bits per heavy atom. The Bertz CT molecular complexity index is 288. The van der Waals surface area contributed by atoms with E-state index in [1.165, 1.54) is 4.88 Å². The van der Waals surface area contributed by atoms with Gasteiger partial charge in [0.05, 0.1) is 6.61 Å². The van der Waals surface area contributed by atoms with E-state index in [4.69, 9.17) is 9.47 Å². The third-order valence-electron chi connectivity index (χ3n) is 2.76. The number of hydrogen-bond acceptors (Lipinski definition) is 4. The molecule has 0 aliphatic rings. The summed E-state index contributed by atoms with van der Waals surface area (Å²) in [6.45, 7) is 7.71. The highest BCUT2D eigenvalue weighted by Crippen LogP contribution is 2.25. The molecule has 3 nitrogen and oxygen atoms in total. The lowest BCUT2D eigenvalue weighted by molar-refractivity contribution is 0.102. The molecule has 4 heteroatoms. The van der Waals surface area contributed by atoms with E-state index in [2.05, 4.69) is 36.7 Å². The summed E-state index contributed by atoms with van der Waals surface area (Å²) in [6, 6.07) is 4.74. The molecule has 0 bridgehead atoms. The molecule has 0 saturated carbocycles. The minimum atomic E-state index is 0.438. The summed E-state index contributed by atoms with van der Waals surface area (Å²) in [5, 5.41) is 5.70. The molecule has 1 aromatic heterocycles. The number of ether oxygens (including phenoxy) is 2. The molecule has 0 saturated heterocycles. The van der Waals surface area contributed by atoms with Crippen LogP contribution in [0.2, 0.25) is 0 Å². The Balaban J connectivity index is 2.15. The smallest absolute Gasteiger partial charge is 0.0591 e. The van der Waals surface area contributed by atoms with E-state index in [1.54, 1.807) is 7.11 Å². The Morgan fingerprint density at radius 1 is 1.28 bits per heavy atom. The summed E-state index contributed by atoms with van der Waals surface area (Å²) in [6.07, 6.45) is 0.967. The van der Waals surface area contributed by atoms with Gasteiger partial charge in [-0.3, -0.25) is 0 Å². The van der Waals surface area contributed by atoms with Crippen molar-refractivity contribution in [3.63, 3.8) is 0 Å². The van der Waals surface area contributed by atoms with E-state index >= 15 is 0 Å². The minimum Gasteiger partial charge on any atom is -0.385 e. The second-order valence-corrected chi connectivity index (χ2v) is 5.63. The maximum atomic E-state index is 5.54. The van der Waals surface area contributed by atoms with Gasteiger partial charge in [0.1, 0.15) is 0 Å². The van der Waals surface area contributed by atoms with Crippen LogP contribution >= 0.6 is 11.3 Å². The maximum absolute atomic E-state index is 5.54. The number of hydrogen-bond donors (Lipinski definition) is 1. The Kier molecular flexibility index (Phi) is 8.25. The summed E-state index contributed by atoms with van der Waals surface area (Å²) < 4.78 is 10.5. The van der Waals surface area contributed by atoms with Crippen molar-refractivity contribution >= 4 is 11.3 Å². The van der Waals surface area contributed by atoms with E-state index in [1.807, 2.05) is 11.3 Å². The summed E-state index contributed by atoms with van der Waals surface area (Å²) >= 11 is 1.81. The van der Waals surface area contributed by atoms with Gasteiger partial charge in [0, 0.05) is 37.8 Å². The standard InChI is InChI=1S/C14H25NO2S/c1-12(2)14(13-6-4-11-18-13)15-7-10-17-9-5-8-16-3/h4,6,11-12,14-15H,5,7-10H2,1-3H3. The van der Waals surface area contributed by atoms with Crippen LogP contribution in [-0.4, -0.2) is 33.5 Å². The highest BCUT2D eigenvalue weighted by Gasteiger charge is 2.15. The van der Waals surface area contributed by atoms with Gasteiger partial charge in [0.25, 0.3) is 0 Å². The topological polar surface area (TPSA) is 30.5 Å². The Labute approximate surface area is 114 Å². The molecule has 18 heavy (non-hydrogen) atoms. The molecule has 1 aromatic rings. The van der Waals surface area contributed by atoms with Crippen LogP contribution < -0.4 is 5.32 Å². The predicted molar refractivity (Wildman–Crippen MR) is 77.2 cm³/mol. The lowest BCUT2D eigenvalue weighted by atomic mass is 10.0. The van der Waals surface area contributed by atoms with Gasteiger partial charge >= 0.3 is 0 Å². The molecular weight excluding hydrogens is 246 g/mol. The molecule has 1 N–H and O–H groups in total. The molecule has 1 heterocycles. The van der Waals surface area contributed by atoms with Crippen LogP contribution in [0.5, 0.6) is 0 Å². The van der Waals surface area contributed by atoms with E-state index in [0.717, 1.165) is 32.8 Å². The van der Waals surface area contributed by atoms with Crippen molar-refractivity contribution < 1.29 is 9.47 Å². The van der Waals surface area contributed by atoms with Gasteiger partial charge in [0.2, 0.25) is 0 Å². The quantitative estimate of drug-likeness (QED) is 0.663. The number of rotatable bonds is 10. The predicted octanol–water partition coefficient (Wildman–Crippen LogP) is 3.09. The molecule has 1 rings (SSSR count). The highest BCUT2D eigenvalue weighted by atomic mass is 32.1. The number of nitrogens with one attached hydrogen (secondary N) is 1. The van der Waals surface area contributed by atoms with Crippen molar-refractivity contribution in [3.8, 4) is 0 Å². The van der Waals surface area contributed by atoms with Crippen LogP contribution in [0.4, 0.5) is 0 Å². The van der Waals surface area contributed by atoms with E-state index < -0.39 is 0 Å². The molecule has 0 aliphatic carbocycles. The SMILES string of the molecule is COCCCOCCNC(c1cccs1)C(C)C. The van der Waals surface area contributed by atoms with Gasteiger partial charge < -0.3 is 14.8 Å². The monoisotopic (exact) mass is 271 g/mol. The molecule has 0 fully saturated rings. The fourth-order valence-corrected chi connectivity index (χ4v) is 2.80. The van der Waals surface area contributed by atoms with E-state index in [9.17, 15) is 0 Å². The second kappa shape index (κ2) is 9.50. The van der Waals surface area contributed by atoms with Crippen molar-refractivity contribution in [3.05, 3.63) is 22.4 Å². The van der Waals surface area contributed by atoms with Gasteiger partial charge in [-0.05, 0) is 23.8 Å². The summed E-state index contributed by atoms with van der Waals surface area (Å²) in [5.41, 5.74) is 0. The van der Waals surface area contributed by atoms with Gasteiger partial charge in [-0.1, -0.05) is 19.9 Å². The average Bonchev–Trinajstić information content (AvgIpc) is 2.85. The summed E-state index contributed by atoms with van der Waals surface area (Å²) in [7, 11) is 1.72. The van der Waals surface area contributed by atoms with E-state index in [0.29, 0.717) is 12.0 Å². The fraction of sp³-hybridized carbons (Fsp3) is 0.714. The van der Waals surface area contributed by atoms with Crippen LogP contribution in [0, 0.1) is 5.92 Å². The van der Waals surface area contributed by atoms with E-state index in [-0.39, 0.29) is 0 Å². The maximum Gasteiger partial charge on any atom is 0.0591 e. The van der Waals surface area contributed by atoms with Crippen LogP contribution in [0.1, 0.15) is 31.2 Å². The summed E-state index contributed by atoms with van der Waals surface area (Å²) in [4.78, 5) is 1.41. The highest BCUT2D eigenvalue weighted by molar-refractivity contribution is 7.10. The van der Waals surface area contributed by atoms with Gasteiger partial charge in [-0.2, -0.15) is 0 Å². The Morgan fingerprint density at radius 3 is 2.72 bits per heavy atom. The third-order valence-corrected chi connectivity index (χ3v) is 3.72. The van der Waals surface area contributed by atoms with Gasteiger partial charge in [-0.15, -0.1) is 11.3 Å². The van der Waals surface area contributed by atoms with Crippen molar-refractivity contribution in [1.82, 2.24) is 5.32 Å². The molecule has 0 aromatic carbocycles. The lowest BCUT2D eigenvalue weighted by Gasteiger charge is -2.21. The molecule has 1 atom stereocenters. The van der Waals surface area contributed by atoms with Crippen LogP contribution in [0.25, 0.3) is 0 Å². The molecular formula is C14H25NO2S. The average molecular weight is 271 g/mol. The first-order valence-electron chi connectivity index (χ1n) is 6.59. The zero-order chi connectivity index (χ0) is 13.2.